The van der Waals surface area contributed by atoms with Crippen LogP contribution in [0.15, 0.2) is 39.1 Å². The fraction of sp³-hybridized carbons (Fsp3) is 0.154. The molecule has 0 saturated carbocycles. The summed E-state index contributed by atoms with van der Waals surface area (Å²) in [6.45, 7) is 0. The van der Waals surface area contributed by atoms with Gasteiger partial charge in [0.2, 0.25) is 0 Å². The van der Waals surface area contributed by atoms with Crippen LogP contribution in [0.3, 0.4) is 0 Å². The van der Waals surface area contributed by atoms with E-state index in [9.17, 15) is 18.4 Å². The smallest absolute Gasteiger partial charge is 0.303 e. The Morgan fingerprint density at radius 1 is 1.24 bits per heavy atom. The first-order chi connectivity index (χ1) is 9.90. The summed E-state index contributed by atoms with van der Waals surface area (Å²) in [4.78, 5) is 23.3. The number of aryl methyl sites for hydroxylation is 1. The molecule has 0 aliphatic rings. The number of halogens is 2. The number of hydrogen-bond donors (Lipinski definition) is 1. The molecule has 0 spiro atoms. The number of aromatic nitrogens is 2. The number of nitrogens with zero attached hydrogens (tertiary/aromatic N) is 3. The van der Waals surface area contributed by atoms with Gasteiger partial charge in [0.1, 0.15) is 5.82 Å². The van der Waals surface area contributed by atoms with Crippen LogP contribution in [0.4, 0.5) is 14.5 Å². The second-order valence-corrected chi connectivity index (χ2v) is 4.34. The van der Waals surface area contributed by atoms with Gasteiger partial charge in [0.05, 0.1) is 17.5 Å². The molecule has 1 aromatic heterocycles. The molecule has 0 atom stereocenters. The lowest BCUT2D eigenvalue weighted by molar-refractivity contribution is 0.585. The zero-order chi connectivity index (χ0) is 15.6. The molecule has 2 aromatic rings. The van der Waals surface area contributed by atoms with E-state index < -0.39 is 22.9 Å². The highest BCUT2D eigenvalue weighted by molar-refractivity contribution is 5.79. The topological polar surface area (TPSA) is 68.4 Å². The van der Waals surface area contributed by atoms with Crippen molar-refractivity contribution in [2.24, 2.45) is 19.2 Å². The summed E-state index contributed by atoms with van der Waals surface area (Å²) < 4.78 is 28.2. The Morgan fingerprint density at radius 2 is 1.95 bits per heavy atom. The van der Waals surface area contributed by atoms with E-state index in [1.807, 2.05) is 0 Å². The Kier molecular flexibility index (Phi) is 3.97. The Labute approximate surface area is 118 Å². The van der Waals surface area contributed by atoms with Gasteiger partial charge in [-0.1, -0.05) is 0 Å². The maximum absolute atomic E-state index is 13.3. The molecule has 1 N–H and O–H groups in total. The van der Waals surface area contributed by atoms with E-state index in [1.54, 1.807) is 0 Å². The summed E-state index contributed by atoms with van der Waals surface area (Å²) in [6, 6.07) is 2.97. The summed E-state index contributed by atoms with van der Waals surface area (Å²) in [7, 11) is 2.83. The van der Waals surface area contributed by atoms with Gasteiger partial charge in [-0.3, -0.25) is 14.8 Å². The molecule has 0 radical (unpaired) electrons. The minimum atomic E-state index is -0.805. The first-order valence-corrected chi connectivity index (χ1v) is 5.91. The minimum absolute atomic E-state index is 0.0331. The standard InChI is InChI=1S/C13H12F2N4O2/c1-18-7-8(12(20)19(2)13(18)21)6-16-17-11-4-3-9(14)5-10(11)15/h3-7,17H,1-2H3/b16-6+. The Hall–Kier alpha value is -2.77. The van der Waals surface area contributed by atoms with Gasteiger partial charge in [-0.2, -0.15) is 5.10 Å². The monoisotopic (exact) mass is 294 g/mol. The van der Waals surface area contributed by atoms with Gasteiger partial charge in [0.25, 0.3) is 5.56 Å². The van der Waals surface area contributed by atoms with E-state index in [0.717, 1.165) is 16.8 Å². The zero-order valence-corrected chi connectivity index (χ0v) is 11.3. The lowest BCUT2D eigenvalue weighted by Gasteiger charge is -2.04. The predicted octanol–water partition coefficient (Wildman–Crippen LogP) is 0.808. The zero-order valence-electron chi connectivity index (χ0n) is 11.3. The summed E-state index contributed by atoms with van der Waals surface area (Å²) in [5.41, 5.74) is 1.49. The SMILES string of the molecule is Cn1cc(/C=N/Nc2ccc(F)cc2F)c(=O)n(C)c1=O. The number of rotatable bonds is 3. The van der Waals surface area contributed by atoms with Crippen molar-refractivity contribution in [1.29, 1.82) is 0 Å². The summed E-state index contributed by atoms with van der Waals surface area (Å²) in [5, 5.41) is 3.71. The minimum Gasteiger partial charge on any atom is -0.303 e. The molecule has 0 amide bonds. The normalized spacial score (nSPS) is 11.0. The molecular formula is C13H12F2N4O2. The van der Waals surface area contributed by atoms with E-state index in [0.29, 0.717) is 6.07 Å². The quantitative estimate of drug-likeness (QED) is 0.673. The third-order valence-corrected chi connectivity index (χ3v) is 2.79. The Bertz CT molecular complexity index is 824. The lowest BCUT2D eigenvalue weighted by atomic mass is 10.3. The molecule has 1 heterocycles. The predicted molar refractivity (Wildman–Crippen MR) is 74.5 cm³/mol. The molecule has 110 valence electrons. The molecule has 2 rings (SSSR count). The van der Waals surface area contributed by atoms with E-state index in [2.05, 4.69) is 10.5 Å². The number of anilines is 1. The fourth-order valence-electron chi connectivity index (χ4n) is 1.68. The summed E-state index contributed by atoms with van der Waals surface area (Å²) in [6.07, 6.45) is 2.47. The third-order valence-electron chi connectivity index (χ3n) is 2.79. The van der Waals surface area contributed by atoms with Crippen LogP contribution in [-0.2, 0) is 14.1 Å². The lowest BCUT2D eigenvalue weighted by Crippen LogP contribution is -2.38. The highest BCUT2D eigenvalue weighted by Crippen LogP contribution is 2.14. The van der Waals surface area contributed by atoms with Crippen molar-refractivity contribution >= 4 is 11.9 Å². The van der Waals surface area contributed by atoms with Gasteiger partial charge in [-0.25, -0.2) is 13.6 Å². The van der Waals surface area contributed by atoms with Crippen molar-refractivity contribution < 1.29 is 8.78 Å². The first-order valence-electron chi connectivity index (χ1n) is 5.91. The van der Waals surface area contributed by atoms with Gasteiger partial charge in [-0.15, -0.1) is 0 Å². The average Bonchev–Trinajstić information content (AvgIpc) is 2.44. The molecular weight excluding hydrogens is 282 g/mol. The molecule has 0 saturated heterocycles. The van der Waals surface area contributed by atoms with Crippen molar-refractivity contribution in [2.75, 3.05) is 5.43 Å². The number of benzene rings is 1. The molecule has 21 heavy (non-hydrogen) atoms. The molecule has 6 nitrogen and oxygen atoms in total. The Morgan fingerprint density at radius 3 is 2.62 bits per heavy atom. The second-order valence-electron chi connectivity index (χ2n) is 4.34. The largest absolute Gasteiger partial charge is 0.330 e. The molecule has 0 aliphatic carbocycles. The van der Waals surface area contributed by atoms with Crippen LogP contribution in [0.25, 0.3) is 0 Å². The van der Waals surface area contributed by atoms with Crippen LogP contribution >= 0.6 is 0 Å². The van der Waals surface area contributed by atoms with Crippen molar-refractivity contribution in [3.63, 3.8) is 0 Å². The van der Waals surface area contributed by atoms with Crippen molar-refractivity contribution in [3.05, 3.63) is 62.4 Å². The van der Waals surface area contributed by atoms with Gasteiger partial charge >= 0.3 is 5.69 Å². The summed E-state index contributed by atoms with van der Waals surface area (Å²) >= 11 is 0. The number of hydrazone groups is 1. The van der Waals surface area contributed by atoms with Gasteiger partial charge < -0.3 is 4.57 Å². The van der Waals surface area contributed by atoms with E-state index in [4.69, 9.17) is 0 Å². The maximum atomic E-state index is 13.3. The Balaban J connectivity index is 2.27. The third kappa shape index (κ3) is 3.04. The molecule has 0 unspecified atom stereocenters. The maximum Gasteiger partial charge on any atom is 0.330 e. The van der Waals surface area contributed by atoms with Crippen LogP contribution in [0.1, 0.15) is 5.56 Å². The number of hydrogen-bond acceptors (Lipinski definition) is 4. The van der Waals surface area contributed by atoms with Gasteiger partial charge in [0.15, 0.2) is 5.82 Å². The highest BCUT2D eigenvalue weighted by atomic mass is 19.1. The van der Waals surface area contributed by atoms with Crippen LogP contribution in [0.5, 0.6) is 0 Å². The molecule has 0 aliphatic heterocycles. The fourth-order valence-corrected chi connectivity index (χ4v) is 1.68. The van der Waals surface area contributed by atoms with Crippen LogP contribution < -0.4 is 16.7 Å². The number of nitrogens with one attached hydrogen (secondary N) is 1. The van der Waals surface area contributed by atoms with Crippen LogP contribution in [-0.4, -0.2) is 15.3 Å². The van der Waals surface area contributed by atoms with E-state index in [-0.39, 0.29) is 11.3 Å². The van der Waals surface area contributed by atoms with Crippen LogP contribution in [0.2, 0.25) is 0 Å². The molecule has 8 heteroatoms. The van der Waals surface area contributed by atoms with E-state index in [1.165, 1.54) is 30.9 Å². The van der Waals surface area contributed by atoms with E-state index >= 15 is 0 Å². The molecule has 1 aromatic carbocycles. The first kappa shape index (κ1) is 14.6. The van der Waals surface area contributed by atoms with Crippen molar-refractivity contribution in [1.82, 2.24) is 9.13 Å². The summed E-state index contributed by atoms with van der Waals surface area (Å²) in [5.74, 6) is -1.51. The van der Waals surface area contributed by atoms with Gasteiger partial charge in [-0.05, 0) is 12.1 Å². The van der Waals surface area contributed by atoms with Crippen LogP contribution in [0, 0.1) is 11.6 Å². The molecule has 0 fully saturated rings. The second kappa shape index (κ2) is 5.70. The average molecular weight is 294 g/mol. The molecule has 0 bridgehead atoms. The van der Waals surface area contributed by atoms with Gasteiger partial charge in [0, 0.05) is 26.4 Å². The van der Waals surface area contributed by atoms with Crippen molar-refractivity contribution in [3.8, 4) is 0 Å². The van der Waals surface area contributed by atoms with Crippen molar-refractivity contribution in [2.45, 2.75) is 0 Å². The highest BCUT2D eigenvalue weighted by Gasteiger charge is 2.05.